The highest BCUT2D eigenvalue weighted by molar-refractivity contribution is 7.91. The second kappa shape index (κ2) is 6.91. The van der Waals surface area contributed by atoms with Gasteiger partial charge in [-0.3, -0.25) is 4.79 Å². The fourth-order valence-corrected chi connectivity index (χ4v) is 4.37. The van der Waals surface area contributed by atoms with Crippen molar-refractivity contribution in [3.63, 3.8) is 0 Å². The first-order valence-electron chi connectivity index (χ1n) is 7.96. The van der Waals surface area contributed by atoms with Crippen molar-refractivity contribution in [1.29, 1.82) is 0 Å². The van der Waals surface area contributed by atoms with Gasteiger partial charge in [-0.25, -0.2) is 8.42 Å². The summed E-state index contributed by atoms with van der Waals surface area (Å²) >= 11 is 0. The topological polar surface area (TPSA) is 72.5 Å². The Morgan fingerprint density at radius 1 is 1.30 bits per heavy atom. The molecule has 1 heterocycles. The van der Waals surface area contributed by atoms with E-state index in [0.29, 0.717) is 18.1 Å². The molecule has 0 aromatic heterocycles. The van der Waals surface area contributed by atoms with Gasteiger partial charge in [-0.1, -0.05) is 26.0 Å². The van der Waals surface area contributed by atoms with Crippen LogP contribution in [-0.4, -0.2) is 38.0 Å². The Morgan fingerprint density at radius 3 is 2.57 bits per heavy atom. The van der Waals surface area contributed by atoms with E-state index in [0.717, 1.165) is 11.1 Å². The Morgan fingerprint density at radius 2 is 2.00 bits per heavy atom. The summed E-state index contributed by atoms with van der Waals surface area (Å²) in [5.41, 5.74) is 2.12. The Bertz CT molecular complexity index is 682. The van der Waals surface area contributed by atoms with Crippen molar-refractivity contribution in [2.45, 2.75) is 52.2 Å². The minimum absolute atomic E-state index is 0.0210. The Hall–Kier alpha value is -1.56. The van der Waals surface area contributed by atoms with Crippen LogP contribution in [-0.2, 0) is 14.6 Å². The highest BCUT2D eigenvalue weighted by atomic mass is 32.2. The molecule has 1 amide bonds. The van der Waals surface area contributed by atoms with Crippen molar-refractivity contribution >= 4 is 15.7 Å². The molecule has 0 aliphatic carbocycles. The van der Waals surface area contributed by atoms with Crippen molar-refractivity contribution in [2.75, 3.05) is 11.5 Å². The van der Waals surface area contributed by atoms with Gasteiger partial charge in [-0.05, 0) is 43.4 Å². The molecule has 0 spiro atoms. The molecule has 1 aromatic rings. The van der Waals surface area contributed by atoms with Gasteiger partial charge < -0.3 is 10.1 Å². The number of carbonyl (C=O) groups is 1. The van der Waals surface area contributed by atoms with Crippen molar-refractivity contribution in [3.8, 4) is 5.75 Å². The Labute approximate surface area is 138 Å². The molecule has 1 saturated heterocycles. The van der Waals surface area contributed by atoms with Crippen molar-refractivity contribution in [1.82, 2.24) is 5.32 Å². The van der Waals surface area contributed by atoms with Gasteiger partial charge in [0, 0.05) is 6.04 Å². The monoisotopic (exact) mass is 339 g/mol. The van der Waals surface area contributed by atoms with Crippen LogP contribution >= 0.6 is 0 Å². The smallest absolute Gasteiger partial charge is 0.261 e. The highest BCUT2D eigenvalue weighted by Gasteiger charge is 2.30. The number of amides is 1. The van der Waals surface area contributed by atoms with Crippen LogP contribution in [0.1, 0.15) is 44.2 Å². The third-order valence-corrected chi connectivity index (χ3v) is 5.81. The summed E-state index contributed by atoms with van der Waals surface area (Å²) in [6.45, 7) is 7.81. The summed E-state index contributed by atoms with van der Waals surface area (Å²) in [5, 5.41) is 2.77. The minimum Gasteiger partial charge on any atom is -0.481 e. The molecule has 23 heavy (non-hydrogen) atoms. The molecule has 2 rings (SSSR count). The van der Waals surface area contributed by atoms with Gasteiger partial charge in [-0.15, -0.1) is 0 Å². The molecular weight excluding hydrogens is 314 g/mol. The van der Waals surface area contributed by atoms with Crippen molar-refractivity contribution in [3.05, 3.63) is 29.3 Å². The number of sulfone groups is 1. The van der Waals surface area contributed by atoms with E-state index < -0.39 is 15.9 Å². The lowest BCUT2D eigenvalue weighted by molar-refractivity contribution is -0.127. The number of hydrogen-bond acceptors (Lipinski definition) is 4. The molecule has 0 bridgehead atoms. The van der Waals surface area contributed by atoms with Gasteiger partial charge in [0.2, 0.25) is 0 Å². The molecule has 1 fully saturated rings. The molecule has 0 saturated carbocycles. The van der Waals surface area contributed by atoms with Crippen LogP contribution in [0.3, 0.4) is 0 Å². The lowest BCUT2D eigenvalue weighted by atomic mass is 10.0. The van der Waals surface area contributed by atoms with Gasteiger partial charge >= 0.3 is 0 Å². The number of benzene rings is 1. The molecule has 0 unspecified atom stereocenters. The number of aryl methyl sites for hydroxylation is 1. The molecule has 5 nitrogen and oxygen atoms in total. The number of hydrogen-bond donors (Lipinski definition) is 1. The van der Waals surface area contributed by atoms with Crippen molar-refractivity contribution < 1.29 is 17.9 Å². The number of nitrogens with one attached hydrogen (secondary N) is 1. The van der Waals surface area contributed by atoms with E-state index in [9.17, 15) is 13.2 Å². The van der Waals surface area contributed by atoms with E-state index in [1.807, 2.05) is 25.1 Å². The molecule has 1 aromatic carbocycles. The van der Waals surface area contributed by atoms with Crippen LogP contribution in [0.4, 0.5) is 0 Å². The normalized spacial score (nSPS) is 21.2. The lowest BCUT2D eigenvalue weighted by Gasteiger charge is -2.20. The van der Waals surface area contributed by atoms with E-state index >= 15 is 0 Å². The van der Waals surface area contributed by atoms with Gasteiger partial charge in [0.25, 0.3) is 5.91 Å². The zero-order valence-corrected chi connectivity index (χ0v) is 14.9. The molecule has 1 N–H and O–H groups in total. The first-order valence-corrected chi connectivity index (χ1v) is 9.78. The predicted molar refractivity (Wildman–Crippen MR) is 90.6 cm³/mol. The van der Waals surface area contributed by atoms with Gasteiger partial charge in [-0.2, -0.15) is 0 Å². The van der Waals surface area contributed by atoms with Crippen LogP contribution in [0.25, 0.3) is 0 Å². The average molecular weight is 339 g/mol. The largest absolute Gasteiger partial charge is 0.481 e. The molecular formula is C17H25NO4S. The van der Waals surface area contributed by atoms with E-state index in [1.165, 1.54) is 0 Å². The maximum atomic E-state index is 12.2. The summed E-state index contributed by atoms with van der Waals surface area (Å²) in [7, 11) is -3.00. The first-order chi connectivity index (χ1) is 10.7. The van der Waals surface area contributed by atoms with E-state index in [1.54, 1.807) is 6.92 Å². The number of carbonyl (C=O) groups excluding carboxylic acids is 1. The number of rotatable bonds is 5. The van der Waals surface area contributed by atoms with Gasteiger partial charge in [0.15, 0.2) is 15.9 Å². The summed E-state index contributed by atoms with van der Waals surface area (Å²) in [5.74, 6) is 0.890. The van der Waals surface area contributed by atoms with Crippen LogP contribution in [0.15, 0.2) is 18.2 Å². The van der Waals surface area contributed by atoms with Gasteiger partial charge in [0.1, 0.15) is 5.75 Å². The lowest BCUT2D eigenvalue weighted by Crippen LogP contribution is -2.43. The summed E-state index contributed by atoms with van der Waals surface area (Å²) < 4.78 is 28.8. The minimum atomic E-state index is -3.00. The Balaban J connectivity index is 2.03. The number of ether oxygens (including phenoxy) is 1. The SMILES string of the molecule is Cc1ccc(C(C)C)c(O[C@@H](C)C(=O)N[C@@H]2CCS(=O)(=O)C2)c1. The molecule has 2 atom stereocenters. The average Bonchev–Trinajstić information content (AvgIpc) is 2.77. The molecule has 6 heteroatoms. The molecule has 1 aliphatic rings. The quantitative estimate of drug-likeness (QED) is 0.892. The van der Waals surface area contributed by atoms with Crippen LogP contribution < -0.4 is 10.1 Å². The van der Waals surface area contributed by atoms with Crippen LogP contribution in [0.5, 0.6) is 5.75 Å². The fourth-order valence-electron chi connectivity index (χ4n) is 2.69. The standard InChI is InChI=1S/C17H25NO4S/c1-11(2)15-6-5-12(3)9-16(15)22-13(4)17(19)18-14-7-8-23(20,21)10-14/h5-6,9,11,13-14H,7-8,10H2,1-4H3,(H,18,19)/t13-,14+/m0/s1. The summed E-state index contributed by atoms with van der Waals surface area (Å²) in [6, 6.07) is 5.67. The van der Waals surface area contributed by atoms with Gasteiger partial charge in [0.05, 0.1) is 11.5 Å². The first kappa shape index (κ1) is 17.8. The second-order valence-electron chi connectivity index (χ2n) is 6.56. The third kappa shape index (κ3) is 4.70. The molecule has 1 aliphatic heterocycles. The van der Waals surface area contributed by atoms with Crippen molar-refractivity contribution in [2.24, 2.45) is 0 Å². The molecule has 128 valence electrons. The zero-order valence-electron chi connectivity index (χ0n) is 14.1. The maximum absolute atomic E-state index is 12.2. The predicted octanol–water partition coefficient (Wildman–Crippen LogP) is 2.19. The molecule has 0 radical (unpaired) electrons. The van der Waals surface area contributed by atoms with E-state index in [4.69, 9.17) is 4.74 Å². The summed E-state index contributed by atoms with van der Waals surface area (Å²) in [6.07, 6.45) is -0.194. The zero-order chi connectivity index (χ0) is 17.2. The van der Waals surface area contributed by atoms with Crippen LogP contribution in [0.2, 0.25) is 0 Å². The van der Waals surface area contributed by atoms with E-state index in [2.05, 4.69) is 19.2 Å². The maximum Gasteiger partial charge on any atom is 0.261 e. The summed E-state index contributed by atoms with van der Waals surface area (Å²) in [4.78, 5) is 12.2. The third-order valence-electron chi connectivity index (χ3n) is 4.04. The van der Waals surface area contributed by atoms with Crippen LogP contribution in [0, 0.1) is 6.92 Å². The van der Waals surface area contributed by atoms with E-state index in [-0.39, 0.29) is 23.5 Å². The fraction of sp³-hybridized carbons (Fsp3) is 0.588. The Kier molecular flexibility index (Phi) is 5.34. The highest BCUT2D eigenvalue weighted by Crippen LogP contribution is 2.28. The second-order valence-corrected chi connectivity index (χ2v) is 8.79.